The summed E-state index contributed by atoms with van der Waals surface area (Å²) in [5, 5.41) is 7.66. The molecule has 3 rings (SSSR count). The molecule has 6 heteroatoms. The van der Waals surface area contributed by atoms with Gasteiger partial charge < -0.3 is 20.3 Å². The number of ether oxygens (including phenoxy) is 1. The fourth-order valence-corrected chi connectivity index (χ4v) is 3.33. The van der Waals surface area contributed by atoms with Crippen LogP contribution in [0.1, 0.15) is 12.0 Å². The highest BCUT2D eigenvalue weighted by Gasteiger charge is 2.23. The van der Waals surface area contributed by atoms with Crippen molar-refractivity contribution in [1.29, 1.82) is 0 Å². The summed E-state index contributed by atoms with van der Waals surface area (Å²) < 4.78 is 5.27. The van der Waals surface area contributed by atoms with E-state index in [4.69, 9.17) is 16.3 Å². The summed E-state index contributed by atoms with van der Waals surface area (Å²) in [6.45, 7) is 2.63. The molecule has 1 aliphatic rings. The minimum absolute atomic E-state index is 0.352. The van der Waals surface area contributed by atoms with Crippen LogP contribution >= 0.6 is 11.6 Å². The molecule has 138 valence electrons. The fraction of sp³-hybridized carbons (Fsp3) is 0.350. The number of halogens is 1. The van der Waals surface area contributed by atoms with Crippen molar-refractivity contribution in [2.75, 3.05) is 32.1 Å². The molecule has 1 atom stereocenters. The van der Waals surface area contributed by atoms with Crippen molar-refractivity contribution in [1.82, 2.24) is 10.6 Å². The van der Waals surface area contributed by atoms with Gasteiger partial charge in [0.25, 0.3) is 0 Å². The van der Waals surface area contributed by atoms with Crippen molar-refractivity contribution in [2.24, 2.45) is 4.99 Å². The third-order valence-electron chi connectivity index (χ3n) is 4.52. The van der Waals surface area contributed by atoms with Crippen LogP contribution in [0.25, 0.3) is 0 Å². The summed E-state index contributed by atoms with van der Waals surface area (Å²) in [5.41, 5.74) is 2.32. The van der Waals surface area contributed by atoms with Gasteiger partial charge in [-0.2, -0.15) is 0 Å². The zero-order chi connectivity index (χ0) is 18.4. The van der Waals surface area contributed by atoms with Gasteiger partial charge in [0.1, 0.15) is 5.75 Å². The molecule has 0 aliphatic carbocycles. The Balaban J connectivity index is 1.52. The molecule has 1 aliphatic heterocycles. The minimum atomic E-state index is 0.352. The lowest BCUT2D eigenvalue weighted by molar-refractivity contribution is 0.414. The Morgan fingerprint density at radius 1 is 1.27 bits per heavy atom. The number of hydrogen-bond acceptors (Lipinski definition) is 3. The zero-order valence-corrected chi connectivity index (χ0v) is 16.0. The number of rotatable bonds is 5. The second-order valence-electron chi connectivity index (χ2n) is 6.33. The molecule has 0 bridgehead atoms. The van der Waals surface area contributed by atoms with Gasteiger partial charge in [-0.25, -0.2) is 0 Å². The Kier molecular flexibility index (Phi) is 6.23. The smallest absolute Gasteiger partial charge is 0.191 e. The van der Waals surface area contributed by atoms with E-state index in [2.05, 4.69) is 32.7 Å². The van der Waals surface area contributed by atoms with Crippen LogP contribution in [0.15, 0.2) is 53.5 Å². The van der Waals surface area contributed by atoms with Crippen LogP contribution in [-0.2, 0) is 6.54 Å². The summed E-state index contributed by atoms with van der Waals surface area (Å²) in [4.78, 5) is 6.69. The fourth-order valence-electron chi connectivity index (χ4n) is 3.14. The minimum Gasteiger partial charge on any atom is -0.497 e. The normalized spacial score (nSPS) is 17.3. The van der Waals surface area contributed by atoms with Crippen molar-refractivity contribution in [3.63, 3.8) is 0 Å². The molecule has 0 aromatic heterocycles. The molecule has 2 N–H and O–H groups in total. The number of aliphatic imine (C=N–C) groups is 1. The Hall–Kier alpha value is -2.40. The van der Waals surface area contributed by atoms with Gasteiger partial charge in [0.05, 0.1) is 7.11 Å². The molecule has 1 saturated heterocycles. The van der Waals surface area contributed by atoms with E-state index in [1.807, 2.05) is 36.4 Å². The van der Waals surface area contributed by atoms with Gasteiger partial charge in [-0.3, -0.25) is 4.99 Å². The van der Waals surface area contributed by atoms with Crippen LogP contribution < -0.4 is 20.3 Å². The summed E-state index contributed by atoms with van der Waals surface area (Å²) in [7, 11) is 3.48. The average molecular weight is 373 g/mol. The van der Waals surface area contributed by atoms with Crippen molar-refractivity contribution >= 4 is 23.2 Å². The number of nitrogens with zero attached hydrogens (tertiary/aromatic N) is 2. The highest BCUT2D eigenvalue weighted by molar-refractivity contribution is 6.30. The Morgan fingerprint density at radius 2 is 2.12 bits per heavy atom. The molecule has 5 nitrogen and oxygen atoms in total. The number of nitrogens with one attached hydrogen (secondary N) is 2. The lowest BCUT2D eigenvalue weighted by Crippen LogP contribution is -2.44. The zero-order valence-electron chi connectivity index (χ0n) is 15.2. The first-order valence-electron chi connectivity index (χ1n) is 8.78. The van der Waals surface area contributed by atoms with E-state index in [1.54, 1.807) is 14.2 Å². The molecular weight excluding hydrogens is 348 g/mol. The van der Waals surface area contributed by atoms with E-state index in [-0.39, 0.29) is 0 Å². The second kappa shape index (κ2) is 8.81. The van der Waals surface area contributed by atoms with E-state index < -0.39 is 0 Å². The second-order valence-corrected chi connectivity index (χ2v) is 6.77. The van der Waals surface area contributed by atoms with E-state index in [0.29, 0.717) is 12.6 Å². The number of benzene rings is 2. The summed E-state index contributed by atoms with van der Waals surface area (Å²) in [5.74, 6) is 1.67. The third-order valence-corrected chi connectivity index (χ3v) is 4.76. The molecule has 1 fully saturated rings. The molecule has 2 aromatic carbocycles. The molecule has 26 heavy (non-hydrogen) atoms. The number of guanidine groups is 1. The Bertz CT molecular complexity index is 765. The van der Waals surface area contributed by atoms with Crippen LogP contribution in [0.3, 0.4) is 0 Å². The van der Waals surface area contributed by atoms with Crippen molar-refractivity contribution in [3.8, 4) is 5.75 Å². The maximum atomic E-state index is 6.11. The van der Waals surface area contributed by atoms with Gasteiger partial charge in [0.2, 0.25) is 0 Å². The lowest BCUT2D eigenvalue weighted by Gasteiger charge is -2.20. The van der Waals surface area contributed by atoms with Crippen molar-refractivity contribution in [2.45, 2.75) is 19.0 Å². The average Bonchev–Trinajstić information content (AvgIpc) is 3.14. The number of anilines is 1. The maximum Gasteiger partial charge on any atom is 0.191 e. The SMILES string of the molecule is CN=C(NCc1cccc(OC)c1)NC1CCN(c2cccc(Cl)c2)C1. The highest BCUT2D eigenvalue weighted by atomic mass is 35.5. The topological polar surface area (TPSA) is 48.9 Å². The first kappa shape index (κ1) is 18.4. The van der Waals surface area contributed by atoms with Gasteiger partial charge in [-0.1, -0.05) is 29.8 Å². The molecule has 0 amide bonds. The van der Waals surface area contributed by atoms with Crippen LogP contribution in [0.2, 0.25) is 5.02 Å². The van der Waals surface area contributed by atoms with Gasteiger partial charge in [-0.15, -0.1) is 0 Å². The lowest BCUT2D eigenvalue weighted by atomic mass is 10.2. The summed E-state index contributed by atoms with van der Waals surface area (Å²) >= 11 is 6.11. The first-order valence-corrected chi connectivity index (χ1v) is 9.16. The molecule has 0 radical (unpaired) electrons. The van der Waals surface area contributed by atoms with Gasteiger partial charge >= 0.3 is 0 Å². The molecule has 0 saturated carbocycles. The van der Waals surface area contributed by atoms with Gasteiger partial charge in [0.15, 0.2) is 5.96 Å². The molecule has 1 heterocycles. The van der Waals surface area contributed by atoms with Crippen LogP contribution in [0.5, 0.6) is 5.75 Å². The van der Waals surface area contributed by atoms with Crippen molar-refractivity contribution in [3.05, 3.63) is 59.1 Å². The molecule has 0 spiro atoms. The third kappa shape index (κ3) is 4.82. The predicted octanol–water partition coefficient (Wildman–Crippen LogP) is 3.29. The van der Waals surface area contributed by atoms with E-state index in [9.17, 15) is 0 Å². The summed E-state index contributed by atoms with van der Waals surface area (Å²) in [6.07, 6.45) is 1.06. The Morgan fingerprint density at radius 3 is 2.88 bits per heavy atom. The maximum absolute atomic E-state index is 6.11. The molecule has 1 unspecified atom stereocenters. The molecular formula is C20H25ClN4O. The summed E-state index contributed by atoms with van der Waals surface area (Å²) in [6, 6.07) is 16.4. The van der Waals surface area contributed by atoms with Crippen LogP contribution in [-0.4, -0.2) is 39.2 Å². The van der Waals surface area contributed by atoms with E-state index in [0.717, 1.165) is 41.8 Å². The predicted molar refractivity (Wildman–Crippen MR) is 108 cm³/mol. The quantitative estimate of drug-likeness (QED) is 0.624. The monoisotopic (exact) mass is 372 g/mol. The largest absolute Gasteiger partial charge is 0.497 e. The van der Waals surface area contributed by atoms with Gasteiger partial charge in [0, 0.05) is 43.4 Å². The van der Waals surface area contributed by atoms with Crippen LogP contribution in [0.4, 0.5) is 5.69 Å². The van der Waals surface area contributed by atoms with E-state index in [1.165, 1.54) is 5.69 Å². The first-order chi connectivity index (χ1) is 12.7. The number of methoxy groups -OCH3 is 1. The van der Waals surface area contributed by atoms with Crippen molar-refractivity contribution < 1.29 is 4.74 Å². The number of hydrogen-bond donors (Lipinski definition) is 2. The standard InChI is InChI=1S/C20H25ClN4O/c1-22-20(23-13-15-5-3-8-19(11-15)26-2)24-17-9-10-25(14-17)18-7-4-6-16(21)12-18/h3-8,11-12,17H,9-10,13-14H2,1-2H3,(H2,22,23,24). The highest BCUT2D eigenvalue weighted by Crippen LogP contribution is 2.23. The Labute approximate surface area is 160 Å². The van der Waals surface area contributed by atoms with E-state index >= 15 is 0 Å². The van der Waals surface area contributed by atoms with Crippen LogP contribution in [0, 0.1) is 0 Å². The molecule has 2 aromatic rings. The van der Waals surface area contributed by atoms with Gasteiger partial charge in [-0.05, 0) is 42.3 Å².